The Morgan fingerprint density at radius 2 is 1.85 bits per heavy atom. The topological polar surface area (TPSA) is 54.3 Å². The van der Waals surface area contributed by atoms with Crippen LogP contribution in [0.2, 0.25) is 0 Å². The molecule has 0 spiro atoms. The second-order valence-corrected chi connectivity index (χ2v) is 5.33. The smallest absolute Gasteiger partial charge is 0.161 e. The maximum atomic E-state index is 9.04. The Morgan fingerprint density at radius 1 is 1.15 bits per heavy atom. The van der Waals surface area contributed by atoms with Gasteiger partial charge in [-0.3, -0.25) is 4.90 Å². The Kier molecular flexibility index (Phi) is 3.53. The summed E-state index contributed by atoms with van der Waals surface area (Å²) in [5, 5.41) is 12.5. The monoisotopic (exact) mass is 276 g/mol. The van der Waals surface area contributed by atoms with Gasteiger partial charge in [0.15, 0.2) is 11.5 Å². The number of fused-ring (bicyclic) bond motifs is 3. The van der Waals surface area contributed by atoms with Crippen molar-refractivity contribution in [2.45, 2.75) is 25.3 Å². The Labute approximate surface area is 118 Å². The molecule has 0 saturated carbocycles. The molecule has 1 aromatic carbocycles. The number of rotatable bonds is 2. The van der Waals surface area contributed by atoms with Crippen LogP contribution < -0.4 is 9.47 Å². The van der Waals surface area contributed by atoms with Crippen LogP contribution in [0.4, 0.5) is 0 Å². The molecule has 20 heavy (non-hydrogen) atoms. The Hall–Kier alpha value is -1.75. The quantitative estimate of drug-likeness (QED) is 0.665. The summed E-state index contributed by atoms with van der Waals surface area (Å²) in [6.45, 7) is 2.00. The van der Waals surface area contributed by atoms with Crippen molar-refractivity contribution < 1.29 is 14.7 Å². The fourth-order valence-electron chi connectivity index (χ4n) is 3.28. The number of methoxy groups -OCH3 is 2. The van der Waals surface area contributed by atoms with Gasteiger partial charge in [-0.15, -0.1) is 0 Å². The van der Waals surface area contributed by atoms with Crippen LogP contribution in [-0.4, -0.2) is 43.1 Å². The van der Waals surface area contributed by atoms with Gasteiger partial charge in [-0.2, -0.15) is 0 Å². The molecule has 3 rings (SSSR count). The van der Waals surface area contributed by atoms with Gasteiger partial charge in [-0.05, 0) is 29.7 Å². The summed E-state index contributed by atoms with van der Waals surface area (Å²) in [4.78, 5) is 2.46. The average molecular weight is 276 g/mol. The summed E-state index contributed by atoms with van der Waals surface area (Å²) in [5.74, 6) is 1.55. The van der Waals surface area contributed by atoms with Crippen molar-refractivity contribution in [2.75, 3.05) is 27.3 Å². The molecule has 2 aliphatic heterocycles. The van der Waals surface area contributed by atoms with Gasteiger partial charge < -0.3 is 14.7 Å². The third-order valence-corrected chi connectivity index (χ3v) is 4.37. The van der Waals surface area contributed by atoms with Crippen LogP contribution in [0, 0.1) is 0 Å². The van der Waals surface area contributed by atoms with Crippen molar-refractivity contribution in [2.24, 2.45) is 5.16 Å². The first-order valence-electron chi connectivity index (χ1n) is 6.95. The summed E-state index contributed by atoms with van der Waals surface area (Å²) in [6.07, 6.45) is 2.67. The zero-order valence-corrected chi connectivity index (χ0v) is 11.9. The first-order valence-corrected chi connectivity index (χ1v) is 6.95. The summed E-state index contributed by atoms with van der Waals surface area (Å²) in [6, 6.07) is 4.44. The molecule has 1 N–H and O–H groups in total. The predicted octanol–water partition coefficient (Wildman–Crippen LogP) is 2.23. The Bertz CT molecular complexity index is 542. The lowest BCUT2D eigenvalue weighted by Gasteiger charge is -2.40. The molecule has 0 radical (unpaired) electrons. The standard InChI is InChI=1S/C15H20N2O3/c1-19-14-7-10-3-5-17-6-4-11(16-18)8-13(17)12(10)9-15(14)20-2/h7,9,13,18H,3-6,8H2,1-2H3/b16-11-. The average Bonchev–Trinajstić information content (AvgIpc) is 2.52. The number of piperidine rings is 1. The molecule has 1 fully saturated rings. The zero-order valence-electron chi connectivity index (χ0n) is 11.9. The van der Waals surface area contributed by atoms with E-state index >= 15 is 0 Å². The lowest BCUT2D eigenvalue weighted by atomic mass is 9.86. The molecule has 0 amide bonds. The van der Waals surface area contributed by atoms with Gasteiger partial charge in [0.2, 0.25) is 0 Å². The highest BCUT2D eigenvalue weighted by Gasteiger charge is 2.33. The lowest BCUT2D eigenvalue weighted by molar-refractivity contribution is 0.176. The first-order chi connectivity index (χ1) is 9.76. The molecule has 1 unspecified atom stereocenters. The highest BCUT2D eigenvalue weighted by Crippen LogP contribution is 2.41. The molecular weight excluding hydrogens is 256 g/mol. The van der Waals surface area contributed by atoms with Crippen LogP contribution in [-0.2, 0) is 6.42 Å². The van der Waals surface area contributed by atoms with E-state index in [1.54, 1.807) is 14.2 Å². The van der Waals surface area contributed by atoms with E-state index in [0.717, 1.165) is 49.6 Å². The van der Waals surface area contributed by atoms with E-state index < -0.39 is 0 Å². The summed E-state index contributed by atoms with van der Waals surface area (Å²) >= 11 is 0. The molecule has 1 atom stereocenters. The van der Waals surface area contributed by atoms with E-state index in [9.17, 15) is 0 Å². The SMILES string of the molecule is COc1cc2c(cc1OC)C1C/C(=N\O)CCN1CC2. The minimum atomic E-state index is 0.290. The molecular formula is C15H20N2O3. The van der Waals surface area contributed by atoms with Gasteiger partial charge in [0.05, 0.1) is 19.9 Å². The molecule has 1 saturated heterocycles. The van der Waals surface area contributed by atoms with Crippen LogP contribution in [0.3, 0.4) is 0 Å². The summed E-state index contributed by atoms with van der Waals surface area (Å²) in [7, 11) is 3.32. The molecule has 108 valence electrons. The molecule has 0 aromatic heterocycles. The molecule has 5 nitrogen and oxygen atoms in total. The van der Waals surface area contributed by atoms with Crippen molar-refractivity contribution in [3.63, 3.8) is 0 Å². The van der Waals surface area contributed by atoms with Gasteiger partial charge in [-0.1, -0.05) is 5.16 Å². The van der Waals surface area contributed by atoms with Crippen LogP contribution in [0.15, 0.2) is 17.3 Å². The largest absolute Gasteiger partial charge is 0.493 e. The van der Waals surface area contributed by atoms with E-state index in [0.29, 0.717) is 6.04 Å². The van der Waals surface area contributed by atoms with Crippen LogP contribution >= 0.6 is 0 Å². The molecule has 2 aliphatic rings. The van der Waals surface area contributed by atoms with E-state index in [-0.39, 0.29) is 0 Å². The highest BCUT2D eigenvalue weighted by atomic mass is 16.5. The van der Waals surface area contributed by atoms with Crippen molar-refractivity contribution in [1.29, 1.82) is 0 Å². The second-order valence-electron chi connectivity index (χ2n) is 5.33. The summed E-state index contributed by atoms with van der Waals surface area (Å²) in [5.41, 5.74) is 3.46. The molecule has 0 aliphatic carbocycles. The molecule has 0 bridgehead atoms. The van der Waals surface area contributed by atoms with E-state index in [1.165, 1.54) is 11.1 Å². The molecule has 1 aromatic rings. The fourth-order valence-corrected chi connectivity index (χ4v) is 3.28. The van der Waals surface area contributed by atoms with E-state index in [2.05, 4.69) is 22.2 Å². The Balaban J connectivity index is 2.01. The highest BCUT2D eigenvalue weighted by molar-refractivity contribution is 5.85. The lowest BCUT2D eigenvalue weighted by Crippen LogP contribution is -2.41. The number of ether oxygens (including phenoxy) is 2. The van der Waals surface area contributed by atoms with Gasteiger partial charge in [0.1, 0.15) is 0 Å². The zero-order chi connectivity index (χ0) is 14.1. The normalized spacial score (nSPS) is 24.1. The maximum absolute atomic E-state index is 9.04. The van der Waals surface area contributed by atoms with Crippen molar-refractivity contribution >= 4 is 5.71 Å². The van der Waals surface area contributed by atoms with Crippen molar-refractivity contribution in [1.82, 2.24) is 4.90 Å². The van der Waals surface area contributed by atoms with Gasteiger partial charge >= 0.3 is 0 Å². The number of nitrogens with zero attached hydrogens (tertiary/aromatic N) is 2. The third kappa shape index (κ3) is 2.12. The Morgan fingerprint density at radius 3 is 2.55 bits per heavy atom. The van der Waals surface area contributed by atoms with Crippen molar-refractivity contribution in [3.8, 4) is 11.5 Å². The molecule has 5 heteroatoms. The maximum Gasteiger partial charge on any atom is 0.161 e. The minimum Gasteiger partial charge on any atom is -0.493 e. The molecule has 2 heterocycles. The van der Waals surface area contributed by atoms with E-state index in [1.807, 2.05) is 0 Å². The third-order valence-electron chi connectivity index (χ3n) is 4.37. The minimum absolute atomic E-state index is 0.290. The number of oxime groups is 1. The van der Waals surface area contributed by atoms with Gasteiger partial charge in [0.25, 0.3) is 0 Å². The van der Waals surface area contributed by atoms with Crippen LogP contribution in [0.1, 0.15) is 30.0 Å². The van der Waals surface area contributed by atoms with Gasteiger partial charge in [-0.25, -0.2) is 0 Å². The van der Waals surface area contributed by atoms with Crippen molar-refractivity contribution in [3.05, 3.63) is 23.3 Å². The summed E-state index contributed by atoms with van der Waals surface area (Å²) < 4.78 is 10.8. The van der Waals surface area contributed by atoms with E-state index in [4.69, 9.17) is 14.7 Å². The number of hydrogen-bond donors (Lipinski definition) is 1. The second kappa shape index (κ2) is 5.32. The van der Waals surface area contributed by atoms with Crippen LogP contribution in [0.5, 0.6) is 11.5 Å². The number of hydrogen-bond acceptors (Lipinski definition) is 5. The van der Waals surface area contributed by atoms with Crippen LogP contribution in [0.25, 0.3) is 0 Å². The first kappa shape index (κ1) is 13.2. The fraction of sp³-hybridized carbons (Fsp3) is 0.533. The van der Waals surface area contributed by atoms with Gasteiger partial charge in [0, 0.05) is 32.0 Å². The predicted molar refractivity (Wildman–Crippen MR) is 76.0 cm³/mol. The number of benzene rings is 1.